The Hall–Kier alpha value is -4.90. The van der Waals surface area contributed by atoms with E-state index in [2.05, 4.69) is 97.1 Å². The van der Waals surface area contributed by atoms with Gasteiger partial charge in [0.2, 0.25) is 0 Å². The third kappa shape index (κ3) is 4.46. The van der Waals surface area contributed by atoms with Gasteiger partial charge in [-0.1, -0.05) is 143 Å². The third-order valence-electron chi connectivity index (χ3n) is 8.32. The fourth-order valence-electron chi connectivity index (χ4n) is 6.29. The Morgan fingerprint density at radius 1 is 0.295 bits per heavy atom. The lowest BCUT2D eigenvalue weighted by Gasteiger charge is -2.18. The lowest BCUT2D eigenvalue weighted by Crippen LogP contribution is -1.90. The van der Waals surface area contributed by atoms with E-state index >= 15 is 0 Å². The van der Waals surface area contributed by atoms with Crippen LogP contribution in [0.5, 0.6) is 11.5 Å². The summed E-state index contributed by atoms with van der Waals surface area (Å²) in [6.45, 7) is 0. The zero-order valence-electron chi connectivity index (χ0n) is 23.6. The molecule has 44 heavy (non-hydrogen) atoms. The normalized spacial score (nSPS) is 11.5. The minimum absolute atomic E-state index is 0.263. The van der Waals surface area contributed by atoms with Crippen LogP contribution < -0.4 is 0 Å². The molecule has 2 nitrogen and oxygen atoms in total. The van der Waals surface area contributed by atoms with Crippen molar-refractivity contribution in [2.75, 3.05) is 0 Å². The molecule has 0 bridgehead atoms. The van der Waals surface area contributed by atoms with Gasteiger partial charge in [-0.15, -0.1) is 0 Å². The van der Waals surface area contributed by atoms with Gasteiger partial charge in [0.15, 0.2) is 0 Å². The van der Waals surface area contributed by atoms with Crippen LogP contribution in [0.4, 0.5) is 0 Å². The molecule has 0 saturated heterocycles. The van der Waals surface area contributed by atoms with Crippen molar-refractivity contribution >= 4 is 64.7 Å². The van der Waals surface area contributed by atoms with Crippen LogP contribution >= 0.6 is 21.6 Å². The van der Waals surface area contributed by atoms with Crippen LogP contribution in [-0.4, -0.2) is 10.2 Å². The molecular formula is C40H26O2S2. The largest absolute Gasteiger partial charge is 0.507 e. The number of fused-ring (bicyclic) bond motifs is 4. The number of phenolic OH excluding ortho intramolecular Hbond substituents is 2. The van der Waals surface area contributed by atoms with Crippen molar-refractivity contribution in [3.8, 4) is 33.8 Å². The summed E-state index contributed by atoms with van der Waals surface area (Å²) in [6, 6.07) is 49.3. The SMILES string of the molecule is Oc1ccc2ccccc2c1-c1c(SSc2ccc3ccccc3c2-c2c(O)ccc3ccccc23)ccc2ccccc12. The van der Waals surface area contributed by atoms with Crippen molar-refractivity contribution in [2.45, 2.75) is 9.79 Å². The molecule has 8 rings (SSSR count). The van der Waals surface area contributed by atoms with Crippen molar-refractivity contribution in [3.63, 3.8) is 0 Å². The van der Waals surface area contributed by atoms with Crippen molar-refractivity contribution in [2.24, 2.45) is 0 Å². The number of phenols is 2. The van der Waals surface area contributed by atoms with Gasteiger partial charge in [0, 0.05) is 32.0 Å². The van der Waals surface area contributed by atoms with E-state index in [-0.39, 0.29) is 11.5 Å². The number of aromatic hydroxyl groups is 2. The fourth-order valence-corrected chi connectivity index (χ4v) is 8.68. The summed E-state index contributed by atoms with van der Waals surface area (Å²) in [5, 5.41) is 31.3. The van der Waals surface area contributed by atoms with Gasteiger partial charge in [-0.3, -0.25) is 0 Å². The topological polar surface area (TPSA) is 40.5 Å². The predicted molar refractivity (Wildman–Crippen MR) is 189 cm³/mol. The molecule has 0 aliphatic rings. The first-order valence-electron chi connectivity index (χ1n) is 14.5. The summed E-state index contributed by atoms with van der Waals surface area (Å²) in [5.74, 6) is 0.526. The van der Waals surface area contributed by atoms with Gasteiger partial charge >= 0.3 is 0 Å². The Balaban J connectivity index is 1.34. The maximum atomic E-state index is 11.3. The number of hydrogen-bond donors (Lipinski definition) is 2. The molecule has 0 fully saturated rings. The van der Waals surface area contributed by atoms with Gasteiger partial charge in [0.05, 0.1) is 0 Å². The number of benzene rings is 8. The van der Waals surface area contributed by atoms with Gasteiger partial charge < -0.3 is 10.2 Å². The Morgan fingerprint density at radius 3 is 0.955 bits per heavy atom. The molecule has 0 aliphatic carbocycles. The quantitative estimate of drug-likeness (QED) is 0.192. The molecular weight excluding hydrogens is 577 g/mol. The maximum absolute atomic E-state index is 11.3. The first kappa shape index (κ1) is 26.7. The van der Waals surface area contributed by atoms with Crippen molar-refractivity contribution in [3.05, 3.63) is 146 Å². The number of rotatable bonds is 5. The summed E-state index contributed by atoms with van der Waals surface area (Å²) in [6.07, 6.45) is 0. The van der Waals surface area contributed by atoms with Crippen molar-refractivity contribution in [1.29, 1.82) is 0 Å². The molecule has 2 N–H and O–H groups in total. The van der Waals surface area contributed by atoms with Crippen LogP contribution in [0.25, 0.3) is 65.3 Å². The number of hydrogen-bond acceptors (Lipinski definition) is 4. The second kappa shape index (κ2) is 11.0. The summed E-state index contributed by atoms with van der Waals surface area (Å²) >= 11 is 0. The molecule has 0 amide bonds. The van der Waals surface area contributed by atoms with Crippen LogP contribution in [0.2, 0.25) is 0 Å². The molecule has 8 aromatic rings. The Morgan fingerprint density at radius 2 is 0.591 bits per heavy atom. The molecule has 210 valence electrons. The van der Waals surface area contributed by atoms with Gasteiger partial charge in [0.25, 0.3) is 0 Å². The van der Waals surface area contributed by atoms with Crippen molar-refractivity contribution in [1.82, 2.24) is 0 Å². The highest BCUT2D eigenvalue weighted by atomic mass is 33.1. The Bertz CT molecular complexity index is 2210. The summed E-state index contributed by atoms with van der Waals surface area (Å²) in [4.78, 5) is 2.11. The smallest absolute Gasteiger partial charge is 0.124 e. The highest BCUT2D eigenvalue weighted by Crippen LogP contribution is 2.52. The molecule has 0 saturated carbocycles. The Kier molecular flexibility index (Phi) is 6.67. The predicted octanol–water partition coefficient (Wildman–Crippen LogP) is 11.8. The zero-order chi connectivity index (χ0) is 29.6. The van der Waals surface area contributed by atoms with E-state index in [1.54, 1.807) is 33.7 Å². The molecule has 0 radical (unpaired) electrons. The molecule has 4 heteroatoms. The Labute approximate surface area is 263 Å². The molecule has 0 heterocycles. The molecule has 0 spiro atoms. The second-order valence-electron chi connectivity index (χ2n) is 10.8. The lowest BCUT2D eigenvalue weighted by molar-refractivity contribution is 0.477. The van der Waals surface area contributed by atoms with Crippen LogP contribution in [0.15, 0.2) is 155 Å². The fraction of sp³-hybridized carbons (Fsp3) is 0. The van der Waals surface area contributed by atoms with E-state index in [0.717, 1.165) is 75.1 Å². The van der Waals surface area contributed by atoms with E-state index in [9.17, 15) is 10.2 Å². The standard InChI is InChI=1S/C40H26O2S2/c41-33-21-17-25-9-1-5-13-29(25)37(33)39-31-15-7-3-11-27(31)19-23-35(39)43-44-36-24-20-28-12-4-8-16-32(28)40(36)38-30-14-6-2-10-26(30)18-22-34(38)42/h1-24,41-42H. The van der Waals surface area contributed by atoms with Gasteiger partial charge in [0.1, 0.15) is 11.5 Å². The molecule has 0 unspecified atom stereocenters. The summed E-state index contributed by atoms with van der Waals surface area (Å²) in [7, 11) is 3.36. The van der Waals surface area contributed by atoms with Crippen LogP contribution in [-0.2, 0) is 0 Å². The molecule has 0 atom stereocenters. The zero-order valence-corrected chi connectivity index (χ0v) is 25.2. The maximum Gasteiger partial charge on any atom is 0.124 e. The van der Waals surface area contributed by atoms with E-state index < -0.39 is 0 Å². The van der Waals surface area contributed by atoms with Gasteiger partial charge in [-0.05, 0) is 67.4 Å². The highest BCUT2D eigenvalue weighted by molar-refractivity contribution is 8.76. The average Bonchev–Trinajstić information content (AvgIpc) is 3.07. The molecule has 0 aliphatic heterocycles. The lowest BCUT2D eigenvalue weighted by atomic mass is 9.93. The van der Waals surface area contributed by atoms with Crippen LogP contribution in [0, 0.1) is 0 Å². The van der Waals surface area contributed by atoms with Crippen LogP contribution in [0.1, 0.15) is 0 Å². The third-order valence-corrected chi connectivity index (χ3v) is 10.8. The van der Waals surface area contributed by atoms with E-state index in [1.165, 1.54) is 0 Å². The van der Waals surface area contributed by atoms with Crippen LogP contribution in [0.3, 0.4) is 0 Å². The second-order valence-corrected chi connectivity index (χ2v) is 13.1. The van der Waals surface area contributed by atoms with E-state index in [0.29, 0.717) is 0 Å². The monoisotopic (exact) mass is 602 g/mol. The minimum Gasteiger partial charge on any atom is -0.507 e. The summed E-state index contributed by atoms with van der Waals surface area (Å²) in [5.41, 5.74) is 3.72. The first-order chi connectivity index (χ1) is 21.7. The van der Waals surface area contributed by atoms with Gasteiger partial charge in [-0.25, -0.2) is 0 Å². The highest BCUT2D eigenvalue weighted by Gasteiger charge is 2.20. The first-order valence-corrected chi connectivity index (χ1v) is 16.6. The molecule has 8 aromatic carbocycles. The van der Waals surface area contributed by atoms with Gasteiger partial charge in [-0.2, -0.15) is 0 Å². The van der Waals surface area contributed by atoms with E-state index in [4.69, 9.17) is 0 Å². The van der Waals surface area contributed by atoms with Crippen molar-refractivity contribution < 1.29 is 10.2 Å². The molecule has 0 aromatic heterocycles. The van der Waals surface area contributed by atoms with E-state index in [1.807, 2.05) is 36.4 Å². The summed E-state index contributed by atoms with van der Waals surface area (Å²) < 4.78 is 0. The average molecular weight is 603 g/mol. The minimum atomic E-state index is 0.263.